The van der Waals surface area contributed by atoms with Crippen molar-refractivity contribution in [2.75, 3.05) is 48.2 Å². The number of anilines is 2. The van der Waals surface area contributed by atoms with Gasteiger partial charge in [-0.1, -0.05) is 17.7 Å². The van der Waals surface area contributed by atoms with Crippen molar-refractivity contribution < 1.29 is 25.6 Å². The number of rotatable bonds is 14. The van der Waals surface area contributed by atoms with E-state index in [9.17, 15) is 26.1 Å². The van der Waals surface area contributed by atoms with Gasteiger partial charge in [-0.25, -0.2) is 18.5 Å². The summed E-state index contributed by atoms with van der Waals surface area (Å²) in [5, 5.41) is 20.8. The van der Waals surface area contributed by atoms with Crippen LogP contribution in [0.3, 0.4) is 0 Å². The van der Waals surface area contributed by atoms with E-state index < -0.39 is 38.8 Å². The molecular formula is C38H47F2IN10O4S. The lowest BCUT2D eigenvalue weighted by atomic mass is 9.88. The van der Waals surface area contributed by atoms with Crippen LogP contribution >= 0.6 is 21.2 Å². The van der Waals surface area contributed by atoms with Crippen molar-refractivity contribution in [3.63, 3.8) is 0 Å². The average Bonchev–Trinajstić information content (AvgIpc) is 3.50. The van der Waals surface area contributed by atoms with E-state index in [0.717, 1.165) is 48.0 Å². The number of fused-ring (bicyclic) bond motifs is 1. The van der Waals surface area contributed by atoms with Crippen LogP contribution in [-0.4, -0.2) is 95.4 Å². The minimum Gasteiger partial charge on any atom is -0.432 e. The zero-order valence-corrected chi connectivity index (χ0v) is 34.5. The standard InChI is InChI=1S/C35H41F2N9O2S.C3H6INO2/c1-22(23(2)45-12-8-24(9-13-45)25-5-7-31-32(18-25)44(3)43-33(31)39)16-27-17-30(6-4-26(27)19-38)49(47)46-14-10-28(11-15-46)42-35-40-20-29(21-41-35)48-34(36)37;6-3-5-2-1-4-7/h4-7,16-18,20-21,23-24,28,34H,8-15H2,1-3H3,(H2,39,43)(H,40,41,42);3H,1-2H2,(H,5,6)/b22-16+;. The van der Waals surface area contributed by atoms with Gasteiger partial charge in [-0.05, 0) is 100.0 Å². The number of likely N-dealkylation sites (tertiary alicyclic amines) is 1. The Morgan fingerprint density at radius 1 is 1.12 bits per heavy atom. The third-order valence-electron chi connectivity index (χ3n) is 10.1. The van der Waals surface area contributed by atoms with Gasteiger partial charge in [0.15, 0.2) is 11.6 Å². The Balaban J connectivity index is 0.000000784. The van der Waals surface area contributed by atoms with Gasteiger partial charge < -0.3 is 21.1 Å². The summed E-state index contributed by atoms with van der Waals surface area (Å²) in [6.45, 7) is 5.03. The Bertz CT molecular complexity index is 2040. The van der Waals surface area contributed by atoms with Gasteiger partial charge in [0.25, 0.3) is 0 Å². The molecule has 4 aromatic rings. The van der Waals surface area contributed by atoms with Gasteiger partial charge in [-0.3, -0.25) is 17.4 Å². The predicted molar refractivity (Wildman–Crippen MR) is 220 cm³/mol. The first-order valence-electron chi connectivity index (χ1n) is 18.3. The number of benzene rings is 2. The Kier molecular flexibility index (Phi) is 15.7. The van der Waals surface area contributed by atoms with E-state index in [-0.39, 0.29) is 17.8 Å². The number of nitrogens with one attached hydrogen (secondary N) is 2. The summed E-state index contributed by atoms with van der Waals surface area (Å²) in [5.41, 5.74) is 10.9. The molecule has 0 aliphatic carbocycles. The lowest BCUT2D eigenvalue weighted by Gasteiger charge is -2.37. The van der Waals surface area contributed by atoms with E-state index in [1.165, 1.54) is 18.0 Å². The molecule has 1 amide bonds. The molecule has 2 saturated heterocycles. The van der Waals surface area contributed by atoms with Gasteiger partial charge >= 0.3 is 6.61 Å². The maximum Gasteiger partial charge on any atom is 0.387 e. The van der Waals surface area contributed by atoms with Gasteiger partial charge in [0.2, 0.25) is 12.4 Å². The number of carbonyl (C=O) groups excluding carboxylic acids is 1. The summed E-state index contributed by atoms with van der Waals surface area (Å²) < 4.78 is 56.9. The number of hydrogen-bond donors (Lipinski definition) is 3. The molecule has 6 rings (SSSR count). The summed E-state index contributed by atoms with van der Waals surface area (Å²) in [4.78, 5) is 20.7. The second-order valence-corrected chi connectivity index (χ2v) is 16.8. The van der Waals surface area contributed by atoms with Crippen LogP contribution in [0.25, 0.3) is 17.0 Å². The molecule has 4 heterocycles. The largest absolute Gasteiger partial charge is 0.432 e. The summed E-state index contributed by atoms with van der Waals surface area (Å²) in [5.74, 6) is 1.26. The van der Waals surface area contributed by atoms with Crippen LogP contribution in [0.5, 0.6) is 5.75 Å². The fourth-order valence-electron chi connectivity index (χ4n) is 6.91. The maximum atomic E-state index is 13.6. The highest BCUT2D eigenvalue weighted by Crippen LogP contribution is 2.33. The van der Waals surface area contributed by atoms with Gasteiger partial charge in [0, 0.05) is 48.6 Å². The molecule has 0 saturated carbocycles. The Morgan fingerprint density at radius 3 is 2.48 bits per heavy atom. The Morgan fingerprint density at radius 2 is 1.84 bits per heavy atom. The summed E-state index contributed by atoms with van der Waals surface area (Å²) in [6.07, 6.45) is 8.59. The molecule has 56 heavy (non-hydrogen) atoms. The van der Waals surface area contributed by atoms with Gasteiger partial charge in [0.1, 0.15) is 32.2 Å². The highest BCUT2D eigenvalue weighted by atomic mass is 127. The monoisotopic (exact) mass is 904 g/mol. The molecule has 2 fully saturated rings. The lowest BCUT2D eigenvalue weighted by molar-refractivity contribution is -0.109. The number of piperidine rings is 2. The second kappa shape index (κ2) is 20.6. The van der Waals surface area contributed by atoms with E-state index in [1.54, 1.807) is 12.1 Å². The molecule has 0 bridgehead atoms. The zero-order chi connectivity index (χ0) is 40.2. The number of carbonyl (C=O) groups is 1. The van der Waals surface area contributed by atoms with E-state index >= 15 is 0 Å². The number of alkyl halides is 3. The third kappa shape index (κ3) is 11.3. The van der Waals surface area contributed by atoms with Crippen LogP contribution in [-0.2, 0) is 25.9 Å². The van der Waals surface area contributed by atoms with E-state index in [0.29, 0.717) is 71.5 Å². The first kappa shape index (κ1) is 42.7. The summed E-state index contributed by atoms with van der Waals surface area (Å²) in [6, 6.07) is 14.4. The minimum atomic E-state index is -2.93. The first-order valence-corrected chi connectivity index (χ1v) is 21.8. The molecule has 2 unspecified atom stereocenters. The fraction of sp³-hybridized carbons (Fsp3) is 0.447. The molecule has 2 atom stereocenters. The molecule has 4 N–H and O–H groups in total. The minimum absolute atomic E-state index is 0.0489. The van der Waals surface area contributed by atoms with Crippen molar-refractivity contribution in [2.24, 2.45) is 7.05 Å². The number of hydrogen-bond acceptors (Lipinski definition) is 11. The van der Waals surface area contributed by atoms with E-state index in [4.69, 9.17) is 5.73 Å². The zero-order valence-electron chi connectivity index (χ0n) is 31.5. The quantitative estimate of drug-likeness (QED) is 0.0608. The molecular weight excluding hydrogens is 857 g/mol. The number of nitriles is 1. The molecule has 2 aliphatic rings. The van der Waals surface area contributed by atoms with Crippen molar-refractivity contribution >= 4 is 67.3 Å². The molecule has 2 aromatic carbocycles. The number of aryl methyl sites for hydroxylation is 1. The highest BCUT2D eigenvalue weighted by Gasteiger charge is 2.27. The normalized spacial score (nSPS) is 17.1. The van der Waals surface area contributed by atoms with Crippen molar-refractivity contribution in [2.45, 2.75) is 69.0 Å². The number of nitrogen functional groups attached to an aromatic ring is 1. The highest BCUT2D eigenvalue weighted by molar-refractivity contribution is 14.1. The molecule has 0 radical (unpaired) electrons. The fourth-order valence-corrected chi connectivity index (χ4v) is 8.69. The summed E-state index contributed by atoms with van der Waals surface area (Å²) in [7, 11) is 0.528. The molecule has 18 heteroatoms. The topological polar surface area (TPSA) is 184 Å². The SMILES string of the molecule is C/C(=C\c1cc(S(=O)N2CCC(Nc3ncc(OC(F)F)cn3)CC2)ccc1C#N)C(C)N1CCC(c2ccc3c(N)nn(C)c3c2)CC1.O=CNCCI=O. The number of aromatic nitrogens is 4. The van der Waals surface area contributed by atoms with Crippen LogP contribution in [0, 0.1) is 11.3 Å². The molecule has 14 nitrogen and oxygen atoms in total. The van der Waals surface area contributed by atoms with Gasteiger partial charge in [-0.2, -0.15) is 19.1 Å². The predicted octanol–water partition coefficient (Wildman–Crippen LogP) is 5.74. The number of nitrogens with zero attached hydrogens (tertiary/aromatic N) is 7. The third-order valence-corrected chi connectivity index (χ3v) is 12.6. The van der Waals surface area contributed by atoms with Crippen molar-refractivity contribution in [1.82, 2.24) is 34.3 Å². The first-order chi connectivity index (χ1) is 27.0. The molecule has 2 aromatic heterocycles. The number of nitrogens with two attached hydrogens (primary N) is 1. The number of halogens is 3. The van der Waals surface area contributed by atoms with Crippen LogP contribution in [0.15, 0.2) is 59.3 Å². The maximum absolute atomic E-state index is 13.6. The van der Waals surface area contributed by atoms with Crippen LogP contribution in [0.1, 0.15) is 62.1 Å². The molecule has 2 aliphatic heterocycles. The summed E-state index contributed by atoms with van der Waals surface area (Å²) >= 11 is -0.876. The van der Waals surface area contributed by atoms with Crippen molar-refractivity contribution in [3.8, 4) is 11.8 Å². The Hall–Kier alpha value is -4.45. The molecule has 300 valence electrons. The van der Waals surface area contributed by atoms with Crippen molar-refractivity contribution in [3.05, 3.63) is 71.1 Å². The van der Waals surface area contributed by atoms with Crippen molar-refractivity contribution in [1.29, 1.82) is 5.26 Å². The smallest absolute Gasteiger partial charge is 0.387 e. The van der Waals surface area contributed by atoms with Gasteiger partial charge in [0.05, 0.1) is 34.4 Å². The van der Waals surface area contributed by atoms with Crippen LogP contribution in [0.4, 0.5) is 20.5 Å². The van der Waals surface area contributed by atoms with Crippen LogP contribution < -0.4 is 21.1 Å². The Labute approximate surface area is 338 Å². The number of amides is 1. The second-order valence-electron chi connectivity index (χ2n) is 13.6. The average molecular weight is 905 g/mol. The molecule has 0 spiro atoms. The van der Waals surface area contributed by atoms with E-state index in [2.05, 4.69) is 79.5 Å². The lowest BCUT2D eigenvalue weighted by Crippen LogP contribution is -2.40. The van der Waals surface area contributed by atoms with E-state index in [1.807, 2.05) is 22.1 Å². The van der Waals surface area contributed by atoms with Crippen LogP contribution in [0.2, 0.25) is 0 Å². The van der Waals surface area contributed by atoms with Gasteiger partial charge in [-0.15, -0.1) is 0 Å². The number of ether oxygens (including phenoxy) is 1.